The van der Waals surface area contributed by atoms with E-state index in [9.17, 15) is 9.59 Å². The Kier molecular flexibility index (Phi) is 6.88. The number of benzene rings is 3. The number of rotatable bonds is 6. The largest absolute Gasteiger partial charge is 0.378 e. The van der Waals surface area contributed by atoms with Crippen LogP contribution in [0.25, 0.3) is 6.08 Å². The molecule has 0 saturated carbocycles. The highest BCUT2D eigenvalue weighted by atomic mass is 35.5. The van der Waals surface area contributed by atoms with Gasteiger partial charge in [0.2, 0.25) is 0 Å². The highest BCUT2D eigenvalue weighted by Gasteiger charge is 2.15. The normalized spacial score (nSPS) is 11.0. The van der Waals surface area contributed by atoms with Crippen molar-refractivity contribution in [2.75, 3.05) is 24.3 Å². The number of anilines is 2. The van der Waals surface area contributed by atoms with Crippen LogP contribution in [0.2, 0.25) is 5.02 Å². The predicted octanol–water partition coefficient (Wildman–Crippen LogP) is 4.82. The molecule has 0 aliphatic rings. The van der Waals surface area contributed by atoms with Gasteiger partial charge in [-0.1, -0.05) is 41.9 Å². The third-order valence-corrected chi connectivity index (χ3v) is 4.60. The van der Waals surface area contributed by atoms with Crippen molar-refractivity contribution in [2.45, 2.75) is 0 Å². The van der Waals surface area contributed by atoms with Crippen molar-refractivity contribution in [1.82, 2.24) is 5.32 Å². The van der Waals surface area contributed by atoms with Gasteiger partial charge in [-0.2, -0.15) is 0 Å². The zero-order chi connectivity index (χ0) is 21.5. The van der Waals surface area contributed by atoms with Gasteiger partial charge in [-0.3, -0.25) is 9.59 Å². The Morgan fingerprint density at radius 2 is 1.50 bits per heavy atom. The Balaban J connectivity index is 1.87. The molecule has 0 aliphatic carbocycles. The minimum absolute atomic E-state index is 0.136. The lowest BCUT2D eigenvalue weighted by Crippen LogP contribution is -2.30. The van der Waals surface area contributed by atoms with Crippen molar-refractivity contribution in [3.8, 4) is 0 Å². The molecule has 0 unspecified atom stereocenters. The molecule has 0 saturated heterocycles. The molecular formula is C24H22ClN3O2. The van der Waals surface area contributed by atoms with E-state index < -0.39 is 5.91 Å². The summed E-state index contributed by atoms with van der Waals surface area (Å²) in [6, 6.07) is 23.2. The van der Waals surface area contributed by atoms with Crippen LogP contribution >= 0.6 is 11.6 Å². The van der Waals surface area contributed by atoms with Crippen LogP contribution < -0.4 is 15.5 Å². The van der Waals surface area contributed by atoms with Crippen molar-refractivity contribution in [3.05, 3.63) is 101 Å². The summed E-state index contributed by atoms with van der Waals surface area (Å²) in [5.41, 5.74) is 3.00. The van der Waals surface area contributed by atoms with Crippen molar-refractivity contribution >= 4 is 40.9 Å². The van der Waals surface area contributed by atoms with Crippen LogP contribution in [0, 0.1) is 0 Å². The van der Waals surface area contributed by atoms with Gasteiger partial charge in [-0.25, -0.2) is 0 Å². The highest BCUT2D eigenvalue weighted by molar-refractivity contribution is 6.30. The topological polar surface area (TPSA) is 61.4 Å². The third kappa shape index (κ3) is 5.72. The molecule has 30 heavy (non-hydrogen) atoms. The van der Waals surface area contributed by atoms with Gasteiger partial charge >= 0.3 is 0 Å². The molecule has 0 fully saturated rings. The van der Waals surface area contributed by atoms with E-state index in [1.54, 1.807) is 54.6 Å². The van der Waals surface area contributed by atoms with Gasteiger partial charge in [-0.15, -0.1) is 0 Å². The molecule has 3 rings (SSSR count). The molecule has 0 atom stereocenters. The second-order valence-electron chi connectivity index (χ2n) is 6.83. The first kappa shape index (κ1) is 21.1. The summed E-state index contributed by atoms with van der Waals surface area (Å²) in [5.74, 6) is -0.795. The second kappa shape index (κ2) is 9.76. The summed E-state index contributed by atoms with van der Waals surface area (Å²) >= 11 is 5.91. The van der Waals surface area contributed by atoms with E-state index in [0.717, 1.165) is 11.3 Å². The van der Waals surface area contributed by atoms with Crippen molar-refractivity contribution in [2.24, 2.45) is 0 Å². The zero-order valence-electron chi connectivity index (χ0n) is 16.7. The summed E-state index contributed by atoms with van der Waals surface area (Å²) in [4.78, 5) is 27.5. The lowest BCUT2D eigenvalue weighted by molar-refractivity contribution is -0.113. The molecular weight excluding hydrogens is 398 g/mol. The van der Waals surface area contributed by atoms with Gasteiger partial charge in [0.05, 0.1) is 0 Å². The average molecular weight is 420 g/mol. The van der Waals surface area contributed by atoms with Gasteiger partial charge in [0, 0.05) is 36.1 Å². The van der Waals surface area contributed by atoms with E-state index in [2.05, 4.69) is 10.6 Å². The Bertz CT molecular complexity index is 1040. The highest BCUT2D eigenvalue weighted by Crippen LogP contribution is 2.17. The summed E-state index contributed by atoms with van der Waals surface area (Å²) in [7, 11) is 3.91. The molecule has 0 bridgehead atoms. The Labute approximate surface area is 181 Å². The van der Waals surface area contributed by atoms with Gasteiger partial charge < -0.3 is 15.5 Å². The SMILES string of the molecule is CN(C)c1ccc(/C=C(/NC(=O)c2ccccc2)C(=O)Nc2ccc(Cl)cc2)cc1. The average Bonchev–Trinajstić information content (AvgIpc) is 2.75. The Hall–Kier alpha value is -3.57. The number of halogens is 1. The fourth-order valence-corrected chi connectivity index (χ4v) is 2.84. The maximum atomic E-state index is 12.9. The van der Waals surface area contributed by atoms with Gasteiger partial charge in [0.25, 0.3) is 11.8 Å². The molecule has 3 aromatic rings. The number of amides is 2. The van der Waals surface area contributed by atoms with Crippen molar-refractivity contribution in [3.63, 3.8) is 0 Å². The summed E-state index contributed by atoms with van der Waals surface area (Å²) < 4.78 is 0. The first-order chi connectivity index (χ1) is 14.4. The van der Waals surface area contributed by atoms with Crippen LogP contribution in [0.5, 0.6) is 0 Å². The number of nitrogens with one attached hydrogen (secondary N) is 2. The van der Waals surface area contributed by atoms with E-state index in [4.69, 9.17) is 11.6 Å². The zero-order valence-corrected chi connectivity index (χ0v) is 17.5. The lowest BCUT2D eigenvalue weighted by atomic mass is 10.1. The first-order valence-corrected chi connectivity index (χ1v) is 9.72. The monoisotopic (exact) mass is 419 g/mol. The molecule has 5 nitrogen and oxygen atoms in total. The molecule has 0 heterocycles. The van der Waals surface area contributed by atoms with E-state index in [1.807, 2.05) is 49.3 Å². The molecule has 0 aliphatic heterocycles. The molecule has 6 heteroatoms. The van der Waals surface area contributed by atoms with Crippen LogP contribution in [0.1, 0.15) is 15.9 Å². The maximum absolute atomic E-state index is 12.9. The number of nitrogens with zero attached hydrogens (tertiary/aromatic N) is 1. The molecule has 0 spiro atoms. The van der Waals surface area contributed by atoms with Crippen LogP contribution in [0.4, 0.5) is 11.4 Å². The standard InChI is InChI=1S/C24H22ClN3O2/c1-28(2)21-14-8-17(9-15-21)16-22(27-23(29)18-6-4-3-5-7-18)24(30)26-20-12-10-19(25)11-13-20/h3-16H,1-2H3,(H,26,30)(H,27,29)/b22-16+. The summed E-state index contributed by atoms with van der Waals surface area (Å²) in [6.45, 7) is 0. The number of hydrogen-bond acceptors (Lipinski definition) is 3. The third-order valence-electron chi connectivity index (χ3n) is 4.35. The number of carbonyl (C=O) groups excluding carboxylic acids is 2. The molecule has 2 N–H and O–H groups in total. The van der Waals surface area contributed by atoms with Crippen LogP contribution in [0.15, 0.2) is 84.6 Å². The van der Waals surface area contributed by atoms with E-state index in [0.29, 0.717) is 16.3 Å². The predicted molar refractivity (Wildman–Crippen MR) is 123 cm³/mol. The molecule has 2 amide bonds. The van der Waals surface area contributed by atoms with E-state index in [-0.39, 0.29) is 11.6 Å². The van der Waals surface area contributed by atoms with Crippen LogP contribution in [0.3, 0.4) is 0 Å². The second-order valence-corrected chi connectivity index (χ2v) is 7.26. The number of hydrogen-bond donors (Lipinski definition) is 2. The molecule has 3 aromatic carbocycles. The molecule has 0 aromatic heterocycles. The molecule has 0 radical (unpaired) electrons. The fourth-order valence-electron chi connectivity index (χ4n) is 2.71. The number of carbonyl (C=O) groups is 2. The van der Waals surface area contributed by atoms with Gasteiger partial charge in [-0.05, 0) is 60.2 Å². The van der Waals surface area contributed by atoms with E-state index >= 15 is 0 Å². The maximum Gasteiger partial charge on any atom is 0.272 e. The summed E-state index contributed by atoms with van der Waals surface area (Å²) in [5, 5.41) is 6.08. The van der Waals surface area contributed by atoms with Crippen molar-refractivity contribution in [1.29, 1.82) is 0 Å². The minimum Gasteiger partial charge on any atom is -0.378 e. The fraction of sp³-hybridized carbons (Fsp3) is 0.0833. The van der Waals surface area contributed by atoms with Crippen molar-refractivity contribution < 1.29 is 9.59 Å². The van der Waals surface area contributed by atoms with Gasteiger partial charge in [0.15, 0.2) is 0 Å². The minimum atomic E-state index is -0.432. The Morgan fingerprint density at radius 1 is 0.867 bits per heavy atom. The van der Waals surface area contributed by atoms with Gasteiger partial charge in [0.1, 0.15) is 5.70 Å². The smallest absolute Gasteiger partial charge is 0.272 e. The van der Waals surface area contributed by atoms with E-state index in [1.165, 1.54) is 0 Å². The van der Waals surface area contributed by atoms with Crippen LogP contribution in [-0.4, -0.2) is 25.9 Å². The summed E-state index contributed by atoms with van der Waals surface area (Å²) in [6.07, 6.45) is 1.64. The van der Waals surface area contributed by atoms with Crippen LogP contribution in [-0.2, 0) is 4.79 Å². The quantitative estimate of drug-likeness (QED) is 0.563. The molecule has 152 valence electrons. The Morgan fingerprint density at radius 3 is 2.10 bits per heavy atom. The lowest BCUT2D eigenvalue weighted by Gasteiger charge is -2.13. The first-order valence-electron chi connectivity index (χ1n) is 9.35.